The lowest BCUT2D eigenvalue weighted by atomic mass is 10.5. The fourth-order valence-corrected chi connectivity index (χ4v) is 1.33. The summed E-state index contributed by atoms with van der Waals surface area (Å²) in [6, 6.07) is 1.77. The number of nitrogens with zero attached hydrogens (tertiary/aromatic N) is 3. The third kappa shape index (κ3) is 3.66. The lowest BCUT2D eigenvalue weighted by Gasteiger charge is -2.19. The minimum absolute atomic E-state index is 0.594. The Morgan fingerprint density at radius 3 is 2.88 bits per heavy atom. The van der Waals surface area contributed by atoms with Crippen LogP contribution in [-0.4, -0.2) is 36.2 Å². The highest BCUT2D eigenvalue weighted by molar-refractivity contribution is 5.31. The van der Waals surface area contributed by atoms with Crippen LogP contribution in [0.5, 0.6) is 5.88 Å². The number of anilines is 1. The van der Waals surface area contributed by atoms with E-state index < -0.39 is 0 Å². The summed E-state index contributed by atoms with van der Waals surface area (Å²) in [5.74, 6) is 1.31. The van der Waals surface area contributed by atoms with E-state index in [1.165, 1.54) is 0 Å². The molecule has 1 heterocycles. The first-order valence-corrected chi connectivity index (χ1v) is 5.72. The van der Waals surface area contributed by atoms with Gasteiger partial charge < -0.3 is 15.4 Å². The van der Waals surface area contributed by atoms with Gasteiger partial charge in [0.1, 0.15) is 0 Å². The van der Waals surface area contributed by atoms with Gasteiger partial charge in [0, 0.05) is 31.9 Å². The highest BCUT2D eigenvalue weighted by atomic mass is 16.5. The average Bonchev–Trinajstić information content (AvgIpc) is 2.33. The Morgan fingerprint density at radius 1 is 1.44 bits per heavy atom. The molecule has 2 N–H and O–H groups in total. The second-order valence-corrected chi connectivity index (χ2v) is 3.41. The molecule has 5 nitrogen and oxygen atoms in total. The van der Waals surface area contributed by atoms with Gasteiger partial charge in [0.15, 0.2) is 0 Å². The topological polar surface area (TPSA) is 64.3 Å². The van der Waals surface area contributed by atoms with Gasteiger partial charge in [-0.1, -0.05) is 6.92 Å². The smallest absolute Gasteiger partial charge is 0.228 e. The molecule has 0 aromatic carbocycles. The van der Waals surface area contributed by atoms with Crippen molar-refractivity contribution in [1.29, 1.82) is 0 Å². The third-order valence-corrected chi connectivity index (χ3v) is 2.13. The van der Waals surface area contributed by atoms with Crippen LogP contribution in [0.1, 0.15) is 20.3 Å². The molecule has 0 aliphatic carbocycles. The summed E-state index contributed by atoms with van der Waals surface area (Å²) in [6.07, 6.45) is 2.69. The molecule has 1 rings (SSSR count). The molecule has 1 aromatic rings. The van der Waals surface area contributed by atoms with E-state index in [2.05, 4.69) is 23.8 Å². The molecule has 16 heavy (non-hydrogen) atoms. The van der Waals surface area contributed by atoms with Crippen LogP contribution in [0.25, 0.3) is 0 Å². The van der Waals surface area contributed by atoms with Crippen LogP contribution in [0.2, 0.25) is 0 Å². The van der Waals surface area contributed by atoms with Crippen molar-refractivity contribution in [2.24, 2.45) is 5.73 Å². The molecule has 0 fully saturated rings. The zero-order valence-electron chi connectivity index (χ0n) is 10.0. The van der Waals surface area contributed by atoms with Gasteiger partial charge in [-0.2, -0.15) is 4.98 Å². The molecule has 1 aromatic heterocycles. The normalized spacial score (nSPS) is 10.2. The molecule has 0 spiro atoms. The van der Waals surface area contributed by atoms with Crippen molar-refractivity contribution in [1.82, 2.24) is 9.97 Å². The predicted molar refractivity (Wildman–Crippen MR) is 64.8 cm³/mol. The van der Waals surface area contributed by atoms with Crippen molar-refractivity contribution in [3.8, 4) is 5.88 Å². The summed E-state index contributed by atoms with van der Waals surface area (Å²) in [5, 5.41) is 0. The van der Waals surface area contributed by atoms with Crippen molar-refractivity contribution in [2.75, 3.05) is 31.1 Å². The third-order valence-electron chi connectivity index (χ3n) is 2.13. The standard InChI is InChI=1S/C11H20N4O/c1-3-9-16-10-5-7-13-11(14-10)15(4-2)8-6-12/h5,7H,3-4,6,8-9,12H2,1-2H3. The van der Waals surface area contributed by atoms with Crippen molar-refractivity contribution in [3.05, 3.63) is 12.3 Å². The summed E-state index contributed by atoms with van der Waals surface area (Å²) < 4.78 is 5.46. The summed E-state index contributed by atoms with van der Waals surface area (Å²) in [6.45, 7) is 6.99. The molecular formula is C11H20N4O. The van der Waals surface area contributed by atoms with E-state index in [-0.39, 0.29) is 0 Å². The second-order valence-electron chi connectivity index (χ2n) is 3.41. The Morgan fingerprint density at radius 2 is 2.25 bits per heavy atom. The molecule has 0 atom stereocenters. The molecule has 0 aliphatic heterocycles. The van der Waals surface area contributed by atoms with E-state index in [1.54, 1.807) is 12.3 Å². The Kier molecular flexibility index (Phi) is 5.56. The quantitative estimate of drug-likeness (QED) is 0.750. The van der Waals surface area contributed by atoms with Gasteiger partial charge in [-0.05, 0) is 13.3 Å². The Hall–Kier alpha value is -1.36. The maximum Gasteiger partial charge on any atom is 0.228 e. The van der Waals surface area contributed by atoms with Crippen LogP contribution in [-0.2, 0) is 0 Å². The summed E-state index contributed by atoms with van der Waals surface area (Å²) >= 11 is 0. The number of hydrogen-bond acceptors (Lipinski definition) is 5. The van der Waals surface area contributed by atoms with Crippen LogP contribution in [0.4, 0.5) is 5.95 Å². The van der Waals surface area contributed by atoms with Gasteiger partial charge in [0.05, 0.1) is 6.61 Å². The summed E-state index contributed by atoms with van der Waals surface area (Å²) in [7, 11) is 0. The van der Waals surface area contributed by atoms with E-state index in [0.29, 0.717) is 25.0 Å². The van der Waals surface area contributed by atoms with Crippen molar-refractivity contribution in [2.45, 2.75) is 20.3 Å². The van der Waals surface area contributed by atoms with Crippen LogP contribution in [0.3, 0.4) is 0 Å². The first-order chi connectivity index (χ1) is 7.81. The molecule has 0 bridgehead atoms. The van der Waals surface area contributed by atoms with E-state index >= 15 is 0 Å². The van der Waals surface area contributed by atoms with E-state index in [0.717, 1.165) is 19.5 Å². The highest BCUT2D eigenvalue weighted by Crippen LogP contribution is 2.12. The molecule has 0 saturated heterocycles. The van der Waals surface area contributed by atoms with Crippen LogP contribution < -0.4 is 15.4 Å². The SMILES string of the molecule is CCCOc1ccnc(N(CC)CCN)n1. The number of ether oxygens (including phenoxy) is 1. The highest BCUT2D eigenvalue weighted by Gasteiger charge is 2.07. The lowest BCUT2D eigenvalue weighted by molar-refractivity contribution is 0.305. The molecule has 0 saturated carbocycles. The largest absolute Gasteiger partial charge is 0.478 e. The van der Waals surface area contributed by atoms with Crippen LogP contribution in [0.15, 0.2) is 12.3 Å². The van der Waals surface area contributed by atoms with Crippen molar-refractivity contribution in [3.63, 3.8) is 0 Å². The van der Waals surface area contributed by atoms with E-state index in [1.807, 2.05) is 4.90 Å². The van der Waals surface area contributed by atoms with Gasteiger partial charge >= 0.3 is 0 Å². The molecule has 0 radical (unpaired) electrons. The number of aromatic nitrogens is 2. The average molecular weight is 224 g/mol. The monoisotopic (exact) mass is 224 g/mol. The summed E-state index contributed by atoms with van der Waals surface area (Å²) in [5.41, 5.74) is 5.53. The molecule has 0 unspecified atom stereocenters. The molecular weight excluding hydrogens is 204 g/mol. The fraction of sp³-hybridized carbons (Fsp3) is 0.636. The minimum atomic E-state index is 0.594. The molecule has 90 valence electrons. The maximum absolute atomic E-state index is 5.53. The van der Waals surface area contributed by atoms with Crippen molar-refractivity contribution >= 4 is 5.95 Å². The Labute approximate surface area is 96.6 Å². The van der Waals surface area contributed by atoms with E-state index in [4.69, 9.17) is 10.5 Å². The number of rotatable bonds is 7. The van der Waals surface area contributed by atoms with Gasteiger partial charge in [-0.3, -0.25) is 0 Å². The fourth-order valence-electron chi connectivity index (χ4n) is 1.33. The number of nitrogens with two attached hydrogens (primary N) is 1. The second kappa shape index (κ2) is 7.00. The maximum atomic E-state index is 5.53. The zero-order chi connectivity index (χ0) is 11.8. The zero-order valence-corrected chi connectivity index (χ0v) is 10.0. The first-order valence-electron chi connectivity index (χ1n) is 5.72. The first kappa shape index (κ1) is 12.7. The van der Waals surface area contributed by atoms with Gasteiger partial charge in [-0.15, -0.1) is 0 Å². The Balaban J connectivity index is 2.71. The number of likely N-dealkylation sites (N-methyl/N-ethyl adjacent to an activating group) is 1. The van der Waals surface area contributed by atoms with Gasteiger partial charge in [0.2, 0.25) is 11.8 Å². The van der Waals surface area contributed by atoms with Gasteiger partial charge in [-0.25, -0.2) is 4.98 Å². The van der Waals surface area contributed by atoms with Crippen LogP contribution in [0, 0.1) is 0 Å². The predicted octanol–water partition coefficient (Wildman–Crippen LogP) is 1.05. The Bertz CT molecular complexity index is 306. The molecule has 5 heteroatoms. The van der Waals surface area contributed by atoms with Gasteiger partial charge in [0.25, 0.3) is 0 Å². The van der Waals surface area contributed by atoms with Crippen molar-refractivity contribution < 1.29 is 4.74 Å². The molecule has 0 amide bonds. The lowest BCUT2D eigenvalue weighted by Crippen LogP contribution is -2.30. The van der Waals surface area contributed by atoms with E-state index in [9.17, 15) is 0 Å². The van der Waals surface area contributed by atoms with Crippen LogP contribution >= 0.6 is 0 Å². The number of hydrogen-bond donors (Lipinski definition) is 1. The molecule has 0 aliphatic rings. The summed E-state index contributed by atoms with van der Waals surface area (Å²) in [4.78, 5) is 10.6. The minimum Gasteiger partial charge on any atom is -0.478 e.